The van der Waals surface area contributed by atoms with Gasteiger partial charge in [0, 0.05) is 11.6 Å². The van der Waals surface area contributed by atoms with Crippen LogP contribution >= 0.6 is 12.4 Å². The maximum absolute atomic E-state index is 4.36. The lowest BCUT2D eigenvalue weighted by Crippen LogP contribution is -1.81. The summed E-state index contributed by atoms with van der Waals surface area (Å²) >= 11 is 0. The van der Waals surface area contributed by atoms with Gasteiger partial charge in [0.1, 0.15) is 0 Å². The maximum atomic E-state index is 4.36. The lowest BCUT2D eigenvalue weighted by molar-refractivity contribution is 1.41. The van der Waals surface area contributed by atoms with Crippen molar-refractivity contribution >= 4 is 35.5 Å². The van der Waals surface area contributed by atoms with Gasteiger partial charge in [-0.1, -0.05) is 60.7 Å². The standard InChI is InChI=1S/C17H13N.ClH/c1-2-6-14(7-3-1)10-11-15-12-13-18-17-9-5-4-8-16(15)17;/h1-13H;1H/b11-10+;. The Balaban J connectivity index is 0.00000133. The minimum atomic E-state index is 0. The van der Waals surface area contributed by atoms with Gasteiger partial charge in [-0.3, -0.25) is 4.98 Å². The van der Waals surface area contributed by atoms with Crippen LogP contribution in [0.1, 0.15) is 11.1 Å². The van der Waals surface area contributed by atoms with Crippen molar-refractivity contribution < 1.29 is 0 Å². The van der Waals surface area contributed by atoms with E-state index in [1.165, 1.54) is 16.5 Å². The van der Waals surface area contributed by atoms with Gasteiger partial charge >= 0.3 is 0 Å². The van der Waals surface area contributed by atoms with Gasteiger partial charge in [0.15, 0.2) is 0 Å². The zero-order valence-corrected chi connectivity index (χ0v) is 11.2. The topological polar surface area (TPSA) is 12.9 Å². The van der Waals surface area contributed by atoms with E-state index in [1.807, 2.05) is 48.7 Å². The van der Waals surface area contributed by atoms with Crippen LogP contribution in [-0.4, -0.2) is 4.98 Å². The Hall–Kier alpha value is -2.12. The molecule has 0 radical (unpaired) electrons. The lowest BCUT2D eigenvalue weighted by atomic mass is 10.1. The Morgan fingerprint density at radius 2 is 1.47 bits per heavy atom. The first-order valence-corrected chi connectivity index (χ1v) is 6.00. The molecule has 0 saturated carbocycles. The van der Waals surface area contributed by atoms with E-state index in [4.69, 9.17) is 0 Å². The van der Waals surface area contributed by atoms with Crippen LogP contribution in [0.3, 0.4) is 0 Å². The van der Waals surface area contributed by atoms with Gasteiger partial charge in [-0.25, -0.2) is 0 Å². The first kappa shape index (κ1) is 13.3. The molecule has 0 bridgehead atoms. The number of benzene rings is 2. The molecule has 0 aliphatic carbocycles. The van der Waals surface area contributed by atoms with Crippen LogP contribution < -0.4 is 0 Å². The number of aromatic nitrogens is 1. The number of para-hydroxylation sites is 1. The fourth-order valence-electron chi connectivity index (χ4n) is 2.01. The van der Waals surface area contributed by atoms with Crippen molar-refractivity contribution in [1.29, 1.82) is 0 Å². The first-order chi connectivity index (χ1) is 8.93. The fraction of sp³-hybridized carbons (Fsp3) is 0. The van der Waals surface area contributed by atoms with Crippen molar-refractivity contribution in [3.8, 4) is 0 Å². The monoisotopic (exact) mass is 267 g/mol. The Morgan fingerprint density at radius 3 is 2.32 bits per heavy atom. The lowest BCUT2D eigenvalue weighted by Gasteiger charge is -2.00. The highest BCUT2D eigenvalue weighted by Crippen LogP contribution is 2.18. The molecule has 0 spiro atoms. The quantitative estimate of drug-likeness (QED) is 0.648. The first-order valence-electron chi connectivity index (χ1n) is 6.00. The van der Waals surface area contributed by atoms with Crippen molar-refractivity contribution in [3.05, 3.63) is 78.0 Å². The maximum Gasteiger partial charge on any atom is 0.0707 e. The number of halogens is 1. The fourth-order valence-corrected chi connectivity index (χ4v) is 2.01. The van der Waals surface area contributed by atoms with Gasteiger partial charge < -0.3 is 0 Å². The minimum Gasteiger partial charge on any atom is -0.256 e. The Bertz CT molecular complexity index is 684. The zero-order valence-electron chi connectivity index (χ0n) is 10.4. The summed E-state index contributed by atoms with van der Waals surface area (Å²) in [6, 6.07) is 20.6. The molecule has 94 valence electrons. The highest BCUT2D eigenvalue weighted by Gasteiger charge is 1.97. The summed E-state index contributed by atoms with van der Waals surface area (Å²) < 4.78 is 0. The van der Waals surface area contributed by atoms with Crippen LogP contribution in [0.2, 0.25) is 0 Å². The van der Waals surface area contributed by atoms with E-state index < -0.39 is 0 Å². The SMILES string of the molecule is C(=C\c1ccnc2ccccc12)/c1ccccc1.Cl. The van der Waals surface area contributed by atoms with E-state index in [9.17, 15) is 0 Å². The van der Waals surface area contributed by atoms with Crippen molar-refractivity contribution in [2.75, 3.05) is 0 Å². The summed E-state index contributed by atoms with van der Waals surface area (Å²) in [4.78, 5) is 4.36. The van der Waals surface area contributed by atoms with Gasteiger partial charge in [0.25, 0.3) is 0 Å². The number of hydrogen-bond acceptors (Lipinski definition) is 1. The summed E-state index contributed by atoms with van der Waals surface area (Å²) in [5.74, 6) is 0. The normalized spacial score (nSPS) is 10.5. The average molecular weight is 268 g/mol. The molecule has 1 aromatic heterocycles. The molecule has 0 atom stereocenters. The van der Waals surface area contributed by atoms with Crippen LogP contribution in [0.5, 0.6) is 0 Å². The second kappa shape index (κ2) is 6.17. The van der Waals surface area contributed by atoms with Crippen LogP contribution in [0, 0.1) is 0 Å². The van der Waals surface area contributed by atoms with Crippen LogP contribution in [0.25, 0.3) is 23.1 Å². The van der Waals surface area contributed by atoms with Gasteiger partial charge in [-0.2, -0.15) is 0 Å². The van der Waals surface area contributed by atoms with Gasteiger partial charge in [0.05, 0.1) is 5.52 Å². The van der Waals surface area contributed by atoms with Crippen molar-refractivity contribution in [1.82, 2.24) is 4.98 Å². The minimum absolute atomic E-state index is 0. The van der Waals surface area contributed by atoms with E-state index >= 15 is 0 Å². The molecule has 1 nitrogen and oxygen atoms in total. The smallest absolute Gasteiger partial charge is 0.0707 e. The molecule has 3 aromatic rings. The predicted octanol–water partition coefficient (Wildman–Crippen LogP) is 4.83. The molecule has 0 saturated heterocycles. The van der Waals surface area contributed by atoms with Crippen LogP contribution in [-0.2, 0) is 0 Å². The average Bonchev–Trinajstić information content (AvgIpc) is 2.46. The zero-order chi connectivity index (χ0) is 12.2. The van der Waals surface area contributed by atoms with Crippen molar-refractivity contribution in [2.24, 2.45) is 0 Å². The van der Waals surface area contributed by atoms with Gasteiger partial charge in [-0.15, -0.1) is 12.4 Å². The third kappa shape index (κ3) is 3.01. The molecule has 1 heterocycles. The summed E-state index contributed by atoms with van der Waals surface area (Å²) in [6.07, 6.45) is 6.12. The summed E-state index contributed by atoms with van der Waals surface area (Å²) in [5.41, 5.74) is 3.44. The predicted molar refractivity (Wildman–Crippen MR) is 84.4 cm³/mol. The van der Waals surface area contributed by atoms with Crippen LogP contribution in [0.4, 0.5) is 0 Å². The summed E-state index contributed by atoms with van der Waals surface area (Å²) in [7, 11) is 0. The van der Waals surface area contributed by atoms with Crippen molar-refractivity contribution in [2.45, 2.75) is 0 Å². The Labute approximate surface area is 119 Å². The van der Waals surface area contributed by atoms with E-state index in [2.05, 4.69) is 35.3 Å². The molecule has 3 rings (SSSR count). The molecule has 2 heteroatoms. The van der Waals surface area contributed by atoms with Gasteiger partial charge in [-0.05, 0) is 23.3 Å². The van der Waals surface area contributed by atoms with E-state index in [0.29, 0.717) is 0 Å². The highest BCUT2D eigenvalue weighted by molar-refractivity contribution is 5.90. The number of rotatable bonds is 2. The Kier molecular flexibility index (Phi) is 4.32. The van der Waals surface area contributed by atoms with Gasteiger partial charge in [0.2, 0.25) is 0 Å². The summed E-state index contributed by atoms with van der Waals surface area (Å²) in [5, 5.41) is 1.19. The van der Waals surface area contributed by atoms with E-state index in [0.717, 1.165) is 5.52 Å². The third-order valence-corrected chi connectivity index (χ3v) is 2.94. The van der Waals surface area contributed by atoms with E-state index in [-0.39, 0.29) is 12.4 Å². The van der Waals surface area contributed by atoms with E-state index in [1.54, 1.807) is 0 Å². The molecular weight excluding hydrogens is 254 g/mol. The van der Waals surface area contributed by atoms with Crippen molar-refractivity contribution in [3.63, 3.8) is 0 Å². The highest BCUT2D eigenvalue weighted by atomic mass is 35.5. The third-order valence-electron chi connectivity index (χ3n) is 2.94. The molecule has 0 aliphatic heterocycles. The number of fused-ring (bicyclic) bond motifs is 1. The molecular formula is C17H14ClN. The number of hydrogen-bond donors (Lipinski definition) is 0. The largest absolute Gasteiger partial charge is 0.256 e. The molecule has 0 aliphatic rings. The number of pyridine rings is 1. The second-order valence-electron chi connectivity index (χ2n) is 4.16. The summed E-state index contributed by atoms with van der Waals surface area (Å²) in [6.45, 7) is 0. The molecule has 0 fully saturated rings. The number of nitrogens with zero attached hydrogens (tertiary/aromatic N) is 1. The molecule has 0 amide bonds. The molecule has 0 unspecified atom stereocenters. The second-order valence-corrected chi connectivity index (χ2v) is 4.16. The Morgan fingerprint density at radius 1 is 0.737 bits per heavy atom. The molecule has 0 N–H and O–H groups in total. The van der Waals surface area contributed by atoms with Crippen LogP contribution in [0.15, 0.2) is 66.9 Å². The molecule has 19 heavy (non-hydrogen) atoms. The molecule has 2 aromatic carbocycles.